The molecule has 27 heteroatoms. The van der Waals surface area contributed by atoms with Gasteiger partial charge in [-0.15, -0.1) is 0 Å². The van der Waals surface area contributed by atoms with Crippen molar-refractivity contribution in [3.8, 4) is 0 Å². The van der Waals surface area contributed by atoms with Gasteiger partial charge in [0.2, 0.25) is 59.1 Å². The van der Waals surface area contributed by atoms with Gasteiger partial charge in [-0.1, -0.05) is 44.2 Å². The molecule has 18 N–H and O–H groups in total. The Balaban J connectivity index is 2.34. The number of nitrogens with zero attached hydrogens (tertiary/aromatic N) is 2. The largest absolute Gasteiger partial charge is 0.391 e. The highest BCUT2D eigenvalue weighted by molar-refractivity contribution is 7.80. The van der Waals surface area contributed by atoms with Crippen molar-refractivity contribution in [2.24, 2.45) is 39.6 Å². The Morgan fingerprint density at radius 1 is 0.721 bits per heavy atom. The minimum atomic E-state index is -1.72. The van der Waals surface area contributed by atoms with Crippen molar-refractivity contribution in [1.29, 1.82) is 0 Å². The van der Waals surface area contributed by atoms with E-state index >= 15 is 0 Å². The van der Waals surface area contributed by atoms with E-state index in [4.69, 9.17) is 28.7 Å². The molecule has 1 fully saturated rings. The molecule has 1 saturated heterocycles. The number of rotatable bonds is 28. The van der Waals surface area contributed by atoms with Crippen LogP contribution in [0.15, 0.2) is 35.3 Å². The van der Waals surface area contributed by atoms with Crippen LogP contribution in [0, 0.1) is 5.92 Å². The van der Waals surface area contributed by atoms with E-state index in [0.717, 1.165) is 4.90 Å². The number of aliphatic hydroxyl groups is 1. The van der Waals surface area contributed by atoms with Gasteiger partial charge in [-0.25, -0.2) is 0 Å². The summed E-state index contributed by atoms with van der Waals surface area (Å²) in [5, 5.41) is 27.5. The first-order valence-electron chi connectivity index (χ1n) is 21.7. The number of likely N-dealkylation sites (tertiary alicyclic amines) is 1. The maximum absolute atomic E-state index is 14.0. The van der Waals surface area contributed by atoms with Gasteiger partial charge in [-0.05, 0) is 44.1 Å². The quantitative estimate of drug-likeness (QED) is 0.0161. The van der Waals surface area contributed by atoms with Gasteiger partial charge in [0.15, 0.2) is 5.96 Å². The summed E-state index contributed by atoms with van der Waals surface area (Å²) in [5.41, 5.74) is 28.0. The van der Waals surface area contributed by atoms with Crippen LogP contribution in [0.1, 0.15) is 58.4 Å². The Kier molecular flexibility index (Phi) is 24.6. The number of nitrogens with two attached hydrogens (primary N) is 5. The molecule has 0 spiro atoms. The number of guanidine groups is 1. The van der Waals surface area contributed by atoms with Crippen molar-refractivity contribution in [2.45, 2.75) is 114 Å². The number of benzene rings is 1. The van der Waals surface area contributed by atoms with E-state index in [9.17, 15) is 53.1 Å². The Morgan fingerprint density at radius 3 is 1.87 bits per heavy atom. The molecule has 9 atom stereocenters. The highest BCUT2D eigenvalue weighted by Gasteiger charge is 2.40. The third-order valence-electron chi connectivity index (χ3n) is 10.4. The lowest BCUT2D eigenvalue weighted by Gasteiger charge is -2.30. The van der Waals surface area contributed by atoms with Crippen LogP contribution in [0.3, 0.4) is 0 Å². The van der Waals surface area contributed by atoms with Crippen LogP contribution in [0.4, 0.5) is 0 Å². The molecule has 1 heterocycles. The number of carbonyl (C=O) groups is 10. The van der Waals surface area contributed by atoms with Crippen LogP contribution in [-0.4, -0.2) is 161 Å². The molecule has 10 amide bonds. The number of hydrogen-bond acceptors (Lipinski definition) is 15. The number of aliphatic imine (C=N–C) groups is 1. The van der Waals surface area contributed by atoms with Gasteiger partial charge in [0, 0.05) is 31.0 Å². The van der Waals surface area contributed by atoms with E-state index in [0.29, 0.717) is 12.0 Å². The second-order valence-electron chi connectivity index (χ2n) is 16.4. The van der Waals surface area contributed by atoms with Gasteiger partial charge >= 0.3 is 0 Å². The minimum absolute atomic E-state index is 0.0102. The number of primary amides is 2. The minimum Gasteiger partial charge on any atom is -0.391 e. The topological polar surface area (TPSA) is 421 Å². The van der Waals surface area contributed by atoms with Crippen molar-refractivity contribution in [1.82, 2.24) is 42.1 Å². The molecule has 378 valence electrons. The molecule has 0 aliphatic carbocycles. The Labute approximate surface area is 404 Å². The molecule has 68 heavy (non-hydrogen) atoms. The summed E-state index contributed by atoms with van der Waals surface area (Å²) in [6.45, 7) is 3.97. The summed E-state index contributed by atoms with van der Waals surface area (Å²) in [5.74, 6) is -9.87. The van der Waals surface area contributed by atoms with Crippen molar-refractivity contribution < 1.29 is 53.1 Å². The Hall–Kier alpha value is -6.19. The van der Waals surface area contributed by atoms with E-state index < -0.39 is 132 Å². The van der Waals surface area contributed by atoms with Crippen molar-refractivity contribution >= 4 is 90.3 Å². The van der Waals surface area contributed by atoms with Crippen molar-refractivity contribution in [2.75, 3.05) is 31.1 Å². The first kappa shape index (κ1) is 57.9. The summed E-state index contributed by atoms with van der Waals surface area (Å²) >= 11 is 8.28. The normalized spacial score (nSPS) is 16.8. The van der Waals surface area contributed by atoms with Gasteiger partial charge in [-0.3, -0.25) is 52.9 Å². The summed E-state index contributed by atoms with van der Waals surface area (Å²) in [4.78, 5) is 137. The molecule has 1 aliphatic rings. The predicted octanol–water partition coefficient (Wildman–Crippen LogP) is -6.12. The molecule has 0 bridgehead atoms. The monoisotopic (exact) mass is 994 g/mol. The van der Waals surface area contributed by atoms with Crippen LogP contribution >= 0.6 is 25.3 Å². The molecule has 0 aromatic heterocycles. The van der Waals surface area contributed by atoms with Gasteiger partial charge in [0.05, 0.1) is 25.1 Å². The highest BCUT2D eigenvalue weighted by atomic mass is 32.1. The summed E-state index contributed by atoms with van der Waals surface area (Å²) in [7, 11) is 0. The van der Waals surface area contributed by atoms with E-state index in [1.165, 1.54) is 6.92 Å². The summed E-state index contributed by atoms with van der Waals surface area (Å²) in [6.07, 6.45) is -1.73. The summed E-state index contributed by atoms with van der Waals surface area (Å²) < 4.78 is 0. The first-order chi connectivity index (χ1) is 32.0. The maximum Gasteiger partial charge on any atom is 0.246 e. The number of thiol groups is 2. The fraction of sp³-hybridized carbons (Fsp3) is 0.585. The number of carbonyl (C=O) groups excluding carboxylic acids is 10. The van der Waals surface area contributed by atoms with Crippen LogP contribution in [0.25, 0.3) is 0 Å². The molecular weight excluding hydrogens is 929 g/mol. The van der Waals surface area contributed by atoms with Gasteiger partial charge in [0.25, 0.3) is 0 Å². The molecule has 0 radical (unpaired) electrons. The highest BCUT2D eigenvalue weighted by Crippen LogP contribution is 2.20. The molecule has 0 unspecified atom stereocenters. The van der Waals surface area contributed by atoms with E-state index in [-0.39, 0.29) is 56.2 Å². The number of aliphatic hydroxyl groups excluding tert-OH is 1. The average Bonchev–Trinajstić information content (AvgIpc) is 3.78. The maximum atomic E-state index is 14.0. The van der Waals surface area contributed by atoms with Crippen molar-refractivity contribution in [3.05, 3.63) is 35.9 Å². The van der Waals surface area contributed by atoms with Crippen LogP contribution in [-0.2, 0) is 54.4 Å². The third-order valence-corrected chi connectivity index (χ3v) is 11.2. The Morgan fingerprint density at radius 2 is 1.31 bits per heavy atom. The zero-order valence-electron chi connectivity index (χ0n) is 38.1. The van der Waals surface area contributed by atoms with Gasteiger partial charge in [-0.2, -0.15) is 25.3 Å². The van der Waals surface area contributed by atoms with Crippen LogP contribution in [0.2, 0.25) is 0 Å². The van der Waals surface area contributed by atoms with E-state index in [1.54, 1.807) is 44.2 Å². The second kappa shape index (κ2) is 28.9. The molecule has 1 aromatic carbocycles. The first-order valence-corrected chi connectivity index (χ1v) is 23.0. The zero-order chi connectivity index (χ0) is 51.2. The molecule has 25 nitrogen and oxygen atoms in total. The molecule has 1 aliphatic heterocycles. The predicted molar refractivity (Wildman–Crippen MR) is 255 cm³/mol. The molecule has 0 saturated carbocycles. The summed E-state index contributed by atoms with van der Waals surface area (Å²) in [6, 6.07) is -2.05. The second-order valence-corrected chi connectivity index (χ2v) is 17.1. The van der Waals surface area contributed by atoms with Gasteiger partial charge in [0.1, 0.15) is 42.3 Å². The lowest BCUT2D eigenvalue weighted by Crippen LogP contribution is -2.61. The third kappa shape index (κ3) is 19.2. The molecule has 2 rings (SSSR count). The van der Waals surface area contributed by atoms with Crippen LogP contribution < -0.4 is 65.9 Å². The fourth-order valence-corrected chi connectivity index (χ4v) is 7.24. The number of nitrogens with one attached hydrogen (secondary N) is 7. The SMILES string of the molecule is CC(C)[C@H](NC(=O)[C@H](Cc1ccccc1)NC(=O)[C@@H](N)CS)C(=O)N[C@@H](CCCN=C(N)N)C(=O)N[C@@H](CC(N)=O)C(=O)N[C@@H](CS)C(=O)N1CCC[C@H]1C(=O)N[C@H](C(=O)NCC(N)=O)[C@@H](C)O. The van der Waals surface area contributed by atoms with Gasteiger partial charge < -0.3 is 75.9 Å². The Bertz CT molecular complexity index is 1980. The number of hydrogen-bond donors (Lipinski definition) is 15. The van der Waals surface area contributed by atoms with Crippen LogP contribution in [0.5, 0.6) is 0 Å². The average molecular weight is 995 g/mol. The zero-order valence-corrected chi connectivity index (χ0v) is 39.9. The number of amides is 10. The van der Waals surface area contributed by atoms with E-state index in [2.05, 4.69) is 67.5 Å². The molecular formula is C41H66N14O11S2. The lowest BCUT2D eigenvalue weighted by atomic mass is 10.00. The lowest BCUT2D eigenvalue weighted by molar-refractivity contribution is -0.142. The molecule has 1 aromatic rings. The van der Waals surface area contributed by atoms with E-state index in [1.807, 2.05) is 0 Å². The van der Waals surface area contributed by atoms with Crippen molar-refractivity contribution in [3.63, 3.8) is 0 Å². The standard InChI is InChI=1S/C41H66N14O11S2/c1-20(2)31(53-36(62)25(50-33(59)23(42)18-67)15-22-9-5-4-6-10-22)39(65)49-24(11-7-13-47-41(45)46)34(60)51-26(16-29(43)57)35(61)52-27(19-68)40(66)55-14-8-12-28(55)37(63)54-32(21(3)56)38(64)48-17-30(44)58/h4-6,9-10,20-21,23-28,31-32,56,67-68H,7-8,11-19,42H2,1-3H3,(H2,43,57)(H2,44,58)(H,48,64)(H,49,65)(H,50,59)(H,51,60)(H,52,61)(H,53,62)(H,54,63)(H4,45,46,47)/t21-,23+,24+,25+,26+,27+,28+,31+,32+/m1/s1. The smallest absolute Gasteiger partial charge is 0.246 e. The fourth-order valence-electron chi connectivity index (χ4n) is 6.83.